The highest BCUT2D eigenvalue weighted by Gasteiger charge is 2.27. The Morgan fingerprint density at radius 1 is 1.26 bits per heavy atom. The third-order valence-electron chi connectivity index (χ3n) is 5.65. The summed E-state index contributed by atoms with van der Waals surface area (Å²) in [6.45, 7) is 2.83. The molecule has 1 amide bonds. The topological polar surface area (TPSA) is 130 Å². The van der Waals surface area contributed by atoms with E-state index in [9.17, 15) is 9.59 Å². The maximum absolute atomic E-state index is 12.4. The first kappa shape index (κ1) is 19.0. The van der Waals surface area contributed by atoms with Crippen LogP contribution in [0.2, 0.25) is 0 Å². The summed E-state index contributed by atoms with van der Waals surface area (Å²) in [4.78, 5) is 32.3. The fourth-order valence-electron chi connectivity index (χ4n) is 4.06. The third-order valence-corrected chi connectivity index (χ3v) is 5.65. The van der Waals surface area contributed by atoms with Crippen LogP contribution in [-0.2, 0) is 0 Å². The number of nitrogens with zero attached hydrogens (tertiary/aromatic N) is 5. The molecule has 1 aliphatic rings. The predicted octanol–water partition coefficient (Wildman–Crippen LogP) is 2.91. The second-order valence-electron chi connectivity index (χ2n) is 7.71. The SMILES string of the molecule is Cc1cccc(-c2noc(-c3cnn4c(C5CCN(C(=O)O)CC5)cc(=O)[nH]c34)n2)c1. The summed E-state index contributed by atoms with van der Waals surface area (Å²) >= 11 is 0. The van der Waals surface area contributed by atoms with Crippen molar-refractivity contribution in [1.82, 2.24) is 29.6 Å². The van der Waals surface area contributed by atoms with Gasteiger partial charge < -0.3 is 19.5 Å². The number of fused-ring (bicyclic) bond motifs is 1. The molecule has 4 heterocycles. The van der Waals surface area contributed by atoms with Crippen molar-refractivity contribution in [3.05, 3.63) is 58.1 Å². The minimum Gasteiger partial charge on any atom is -0.465 e. The van der Waals surface area contributed by atoms with E-state index in [-0.39, 0.29) is 17.4 Å². The highest BCUT2D eigenvalue weighted by Crippen LogP contribution is 2.30. The van der Waals surface area contributed by atoms with Gasteiger partial charge in [-0.1, -0.05) is 28.9 Å². The fraction of sp³-hybridized carbons (Fsp3) is 0.286. The van der Waals surface area contributed by atoms with E-state index in [0.29, 0.717) is 43.0 Å². The van der Waals surface area contributed by atoms with Gasteiger partial charge in [0.05, 0.1) is 11.9 Å². The number of benzene rings is 1. The molecule has 0 bridgehead atoms. The molecule has 10 heteroatoms. The van der Waals surface area contributed by atoms with Gasteiger partial charge in [-0.2, -0.15) is 10.1 Å². The monoisotopic (exact) mass is 420 g/mol. The maximum atomic E-state index is 12.4. The molecule has 1 fully saturated rings. The number of likely N-dealkylation sites (tertiary alicyclic amines) is 1. The molecule has 0 atom stereocenters. The highest BCUT2D eigenvalue weighted by atomic mass is 16.5. The van der Waals surface area contributed by atoms with Gasteiger partial charge >= 0.3 is 6.09 Å². The molecule has 0 radical (unpaired) electrons. The average molecular weight is 420 g/mol. The number of piperidine rings is 1. The lowest BCUT2D eigenvalue weighted by atomic mass is 9.93. The van der Waals surface area contributed by atoms with Crippen LogP contribution in [0.5, 0.6) is 0 Å². The Kier molecular flexibility index (Phi) is 4.54. The maximum Gasteiger partial charge on any atom is 0.407 e. The van der Waals surface area contributed by atoms with Gasteiger partial charge in [0.1, 0.15) is 11.2 Å². The van der Waals surface area contributed by atoms with E-state index in [1.807, 2.05) is 31.2 Å². The van der Waals surface area contributed by atoms with Gasteiger partial charge in [-0.25, -0.2) is 9.31 Å². The van der Waals surface area contributed by atoms with Crippen molar-refractivity contribution in [1.29, 1.82) is 0 Å². The van der Waals surface area contributed by atoms with E-state index in [0.717, 1.165) is 16.8 Å². The van der Waals surface area contributed by atoms with Crippen molar-refractivity contribution in [2.24, 2.45) is 0 Å². The molecule has 0 saturated carbocycles. The van der Waals surface area contributed by atoms with E-state index in [1.165, 1.54) is 11.0 Å². The summed E-state index contributed by atoms with van der Waals surface area (Å²) < 4.78 is 7.14. The summed E-state index contributed by atoms with van der Waals surface area (Å²) in [5, 5.41) is 17.7. The van der Waals surface area contributed by atoms with Crippen LogP contribution in [0.4, 0.5) is 4.79 Å². The minimum absolute atomic E-state index is 0.0266. The molecule has 0 aliphatic carbocycles. The van der Waals surface area contributed by atoms with Crippen molar-refractivity contribution >= 4 is 11.7 Å². The number of H-pyrrole nitrogens is 1. The number of aryl methyl sites for hydroxylation is 1. The lowest BCUT2D eigenvalue weighted by Gasteiger charge is -2.30. The Morgan fingerprint density at radius 3 is 2.81 bits per heavy atom. The molecule has 3 aromatic heterocycles. The standard InChI is InChI=1S/C21H20N6O4/c1-12-3-2-4-14(9-12)18-24-20(31-25-18)15-11-22-27-16(10-17(28)23-19(15)27)13-5-7-26(8-6-13)21(29)30/h2-4,9-11,13H,5-8H2,1H3,(H,23,28)(H,29,30). The number of hydrogen-bond acceptors (Lipinski definition) is 6. The van der Waals surface area contributed by atoms with Crippen molar-refractivity contribution in [3.63, 3.8) is 0 Å². The lowest BCUT2D eigenvalue weighted by molar-refractivity contribution is 0.131. The molecule has 31 heavy (non-hydrogen) atoms. The van der Waals surface area contributed by atoms with Crippen LogP contribution in [0.3, 0.4) is 0 Å². The Balaban J connectivity index is 1.51. The van der Waals surface area contributed by atoms with Crippen molar-refractivity contribution < 1.29 is 14.4 Å². The van der Waals surface area contributed by atoms with Crippen LogP contribution in [-0.4, -0.2) is 53.9 Å². The molecule has 10 nitrogen and oxygen atoms in total. The van der Waals surface area contributed by atoms with E-state index in [1.54, 1.807) is 10.7 Å². The molecule has 2 N–H and O–H groups in total. The smallest absolute Gasteiger partial charge is 0.407 e. The highest BCUT2D eigenvalue weighted by molar-refractivity contribution is 5.72. The predicted molar refractivity (Wildman–Crippen MR) is 111 cm³/mol. The zero-order chi connectivity index (χ0) is 21.5. The lowest BCUT2D eigenvalue weighted by Crippen LogP contribution is -2.37. The minimum atomic E-state index is -0.920. The van der Waals surface area contributed by atoms with Crippen LogP contribution >= 0.6 is 0 Å². The first-order chi connectivity index (χ1) is 15.0. The Morgan fingerprint density at radius 2 is 2.06 bits per heavy atom. The van der Waals surface area contributed by atoms with Gasteiger partial charge in [0.25, 0.3) is 11.4 Å². The van der Waals surface area contributed by atoms with Gasteiger partial charge in [0, 0.05) is 30.6 Å². The van der Waals surface area contributed by atoms with Crippen LogP contribution in [0.25, 0.3) is 28.5 Å². The molecule has 0 spiro atoms. The summed E-state index contributed by atoms with van der Waals surface area (Å²) in [5.74, 6) is 0.747. The molecular formula is C21H20N6O4. The van der Waals surface area contributed by atoms with Gasteiger partial charge in [-0.15, -0.1) is 0 Å². The molecule has 1 aliphatic heterocycles. The van der Waals surface area contributed by atoms with E-state index >= 15 is 0 Å². The molecule has 1 aromatic carbocycles. The molecule has 158 valence electrons. The normalized spacial score (nSPS) is 14.9. The molecule has 5 rings (SSSR count). The first-order valence-electron chi connectivity index (χ1n) is 9.99. The fourth-order valence-corrected chi connectivity index (χ4v) is 4.06. The molecule has 0 unspecified atom stereocenters. The summed E-state index contributed by atoms with van der Waals surface area (Å²) in [6, 6.07) is 9.31. The van der Waals surface area contributed by atoms with Crippen molar-refractivity contribution in [2.45, 2.75) is 25.7 Å². The summed E-state index contributed by atoms with van der Waals surface area (Å²) in [6.07, 6.45) is 1.92. The van der Waals surface area contributed by atoms with Crippen LogP contribution in [0.1, 0.15) is 30.0 Å². The van der Waals surface area contributed by atoms with Gasteiger partial charge in [-0.05, 0) is 25.8 Å². The number of aromatic amines is 1. The summed E-state index contributed by atoms with van der Waals surface area (Å²) in [5.41, 5.74) is 3.42. The number of hydrogen-bond donors (Lipinski definition) is 2. The first-order valence-corrected chi connectivity index (χ1v) is 9.99. The van der Waals surface area contributed by atoms with Gasteiger partial charge in [-0.3, -0.25) is 4.79 Å². The Hall–Kier alpha value is -3.95. The number of aromatic nitrogens is 5. The van der Waals surface area contributed by atoms with Crippen LogP contribution in [0, 0.1) is 6.92 Å². The molecule has 1 saturated heterocycles. The van der Waals surface area contributed by atoms with E-state index in [4.69, 9.17) is 9.63 Å². The zero-order valence-electron chi connectivity index (χ0n) is 16.8. The number of amides is 1. The van der Waals surface area contributed by atoms with Crippen molar-refractivity contribution in [3.8, 4) is 22.8 Å². The van der Waals surface area contributed by atoms with Crippen LogP contribution < -0.4 is 5.56 Å². The van der Waals surface area contributed by atoms with Crippen molar-refractivity contribution in [2.75, 3.05) is 13.1 Å². The quantitative estimate of drug-likeness (QED) is 0.521. The second kappa shape index (κ2) is 7.38. The van der Waals surface area contributed by atoms with E-state index in [2.05, 4.69) is 20.2 Å². The molecular weight excluding hydrogens is 400 g/mol. The average Bonchev–Trinajstić information content (AvgIpc) is 3.40. The number of nitrogens with one attached hydrogen (secondary N) is 1. The number of rotatable bonds is 3. The Bertz CT molecular complexity index is 1330. The van der Waals surface area contributed by atoms with Gasteiger partial charge in [0.15, 0.2) is 0 Å². The number of carboxylic acid groups (broad SMARTS) is 1. The number of carbonyl (C=O) groups is 1. The summed E-state index contributed by atoms with van der Waals surface area (Å²) in [7, 11) is 0. The third kappa shape index (κ3) is 3.45. The van der Waals surface area contributed by atoms with E-state index < -0.39 is 6.09 Å². The van der Waals surface area contributed by atoms with Crippen LogP contribution in [0.15, 0.2) is 45.8 Å². The Labute approximate surface area is 176 Å². The largest absolute Gasteiger partial charge is 0.465 e. The van der Waals surface area contributed by atoms with Gasteiger partial charge in [0.2, 0.25) is 5.82 Å². The zero-order valence-corrected chi connectivity index (χ0v) is 16.8. The second-order valence-corrected chi connectivity index (χ2v) is 7.71. The molecule has 4 aromatic rings.